The van der Waals surface area contributed by atoms with Gasteiger partial charge in [-0.2, -0.15) is 8.42 Å². The normalized spacial score (nSPS) is 14.3. The molecule has 0 bridgehead atoms. The van der Waals surface area contributed by atoms with E-state index >= 15 is 0 Å². The maximum atomic E-state index is 12.3. The molecule has 0 saturated heterocycles. The predicted octanol–water partition coefficient (Wildman–Crippen LogP) is 3.97. The minimum absolute atomic E-state index is 0.0325. The Morgan fingerprint density at radius 3 is 2.19 bits per heavy atom. The van der Waals surface area contributed by atoms with Crippen molar-refractivity contribution >= 4 is 22.2 Å². The van der Waals surface area contributed by atoms with Crippen molar-refractivity contribution < 1.29 is 37.4 Å². The van der Waals surface area contributed by atoms with E-state index in [1.165, 1.54) is 19.2 Å². The molecule has 0 aliphatic carbocycles. The highest BCUT2D eigenvalue weighted by molar-refractivity contribution is 7.93. The van der Waals surface area contributed by atoms with Crippen LogP contribution < -0.4 is 4.74 Å². The van der Waals surface area contributed by atoms with Crippen LogP contribution in [0.4, 0.5) is 0 Å². The molecule has 26 heavy (non-hydrogen) atoms. The summed E-state index contributed by atoms with van der Waals surface area (Å²) in [6.07, 6.45) is 0. The van der Waals surface area contributed by atoms with Crippen molar-refractivity contribution in [2.45, 2.75) is 45.6 Å². The maximum Gasteiger partial charge on any atom is 0.272 e. The first-order valence-corrected chi connectivity index (χ1v) is 10.1. The fourth-order valence-corrected chi connectivity index (χ4v) is 4.59. The Bertz CT molecular complexity index is 723. The number of rotatable bonds is 8. The molecule has 0 spiro atoms. The lowest BCUT2D eigenvalue weighted by molar-refractivity contribution is -0.432. The molecular formula is C16H26O8S2. The molecular weight excluding hydrogens is 384 g/mol. The molecule has 8 nitrogen and oxygen atoms in total. The van der Waals surface area contributed by atoms with Crippen molar-refractivity contribution in [2.24, 2.45) is 10.8 Å². The van der Waals surface area contributed by atoms with Crippen molar-refractivity contribution in [3.05, 3.63) is 23.3 Å². The summed E-state index contributed by atoms with van der Waals surface area (Å²) in [6, 6.07) is 2.84. The summed E-state index contributed by atoms with van der Waals surface area (Å²) < 4.78 is 43.9. The SMILES string of the molecule is COc1cc(C(C(C)(C)C(C)(C)C)S(=O)(=O)O)cc(CSOOO)c1O. The van der Waals surface area contributed by atoms with Gasteiger partial charge in [0.15, 0.2) is 11.5 Å². The molecule has 0 aliphatic rings. The van der Waals surface area contributed by atoms with Crippen molar-refractivity contribution in [1.82, 2.24) is 0 Å². The van der Waals surface area contributed by atoms with Crippen LogP contribution in [-0.2, 0) is 25.2 Å². The molecule has 150 valence electrons. The number of phenols is 1. The first kappa shape index (κ1) is 23.0. The Morgan fingerprint density at radius 2 is 1.77 bits per heavy atom. The number of hydrogen-bond acceptors (Lipinski definition) is 8. The second kappa shape index (κ2) is 8.32. The van der Waals surface area contributed by atoms with Crippen LogP contribution in [0.1, 0.15) is 51.0 Å². The molecule has 0 heterocycles. The average molecular weight is 411 g/mol. The summed E-state index contributed by atoms with van der Waals surface area (Å²) in [5, 5.41) is 20.7. The van der Waals surface area contributed by atoms with Crippen LogP contribution in [0.15, 0.2) is 12.1 Å². The third-order valence-corrected chi connectivity index (χ3v) is 6.92. The van der Waals surface area contributed by atoms with Gasteiger partial charge in [0.1, 0.15) is 5.25 Å². The minimum atomic E-state index is -4.48. The van der Waals surface area contributed by atoms with E-state index in [1.807, 2.05) is 20.8 Å². The van der Waals surface area contributed by atoms with Gasteiger partial charge in [0, 0.05) is 17.6 Å². The van der Waals surface area contributed by atoms with E-state index in [0.717, 1.165) is 0 Å². The first-order valence-electron chi connectivity index (χ1n) is 7.73. The van der Waals surface area contributed by atoms with Gasteiger partial charge < -0.3 is 9.84 Å². The molecule has 1 rings (SSSR count). The Labute approximate surface area is 158 Å². The number of aromatic hydroxyl groups is 1. The molecule has 1 atom stereocenters. The highest BCUT2D eigenvalue weighted by Gasteiger charge is 2.47. The van der Waals surface area contributed by atoms with Crippen LogP contribution in [0.3, 0.4) is 0 Å². The molecule has 0 saturated carbocycles. The van der Waals surface area contributed by atoms with Crippen LogP contribution in [0.5, 0.6) is 11.5 Å². The predicted molar refractivity (Wildman–Crippen MR) is 98.3 cm³/mol. The molecule has 0 amide bonds. The first-order chi connectivity index (χ1) is 11.8. The topological polar surface area (TPSA) is 123 Å². The largest absolute Gasteiger partial charge is 0.504 e. The molecule has 0 radical (unpaired) electrons. The zero-order chi connectivity index (χ0) is 20.3. The molecule has 0 aliphatic heterocycles. The number of ether oxygens (including phenoxy) is 1. The quantitative estimate of drug-likeness (QED) is 0.192. The van der Waals surface area contributed by atoms with Crippen molar-refractivity contribution in [3.8, 4) is 11.5 Å². The highest BCUT2D eigenvalue weighted by Crippen LogP contribution is 2.52. The number of hydrogen-bond donors (Lipinski definition) is 3. The van der Waals surface area contributed by atoms with Crippen LogP contribution in [0.25, 0.3) is 0 Å². The fourth-order valence-electron chi connectivity index (χ4n) is 2.57. The number of benzene rings is 1. The van der Waals surface area contributed by atoms with E-state index in [4.69, 9.17) is 9.99 Å². The minimum Gasteiger partial charge on any atom is -0.504 e. The molecule has 0 fully saturated rings. The third kappa shape index (κ3) is 5.02. The average Bonchev–Trinajstić information content (AvgIpc) is 2.47. The molecule has 0 aromatic heterocycles. The summed E-state index contributed by atoms with van der Waals surface area (Å²) >= 11 is 0.681. The van der Waals surface area contributed by atoms with Gasteiger partial charge in [0.25, 0.3) is 10.1 Å². The lowest BCUT2D eigenvalue weighted by Crippen LogP contribution is -2.39. The van der Waals surface area contributed by atoms with Gasteiger partial charge in [-0.05, 0) is 28.5 Å². The monoisotopic (exact) mass is 410 g/mol. The van der Waals surface area contributed by atoms with Gasteiger partial charge in [-0.1, -0.05) is 39.7 Å². The van der Waals surface area contributed by atoms with Gasteiger partial charge in [-0.15, -0.1) is 4.33 Å². The number of methoxy groups -OCH3 is 1. The van der Waals surface area contributed by atoms with E-state index in [-0.39, 0.29) is 22.8 Å². The van der Waals surface area contributed by atoms with Crippen LogP contribution in [0, 0.1) is 10.8 Å². The van der Waals surface area contributed by atoms with Crippen molar-refractivity contribution in [2.75, 3.05) is 7.11 Å². The Kier molecular flexibility index (Phi) is 7.36. The summed E-state index contributed by atoms with van der Waals surface area (Å²) in [4.78, 5) is 0. The van der Waals surface area contributed by atoms with Crippen LogP contribution >= 0.6 is 12.0 Å². The Morgan fingerprint density at radius 1 is 1.19 bits per heavy atom. The summed E-state index contributed by atoms with van der Waals surface area (Å²) in [5.74, 6) is -0.112. The van der Waals surface area contributed by atoms with Gasteiger partial charge in [-0.3, -0.25) is 4.55 Å². The molecule has 10 heteroatoms. The smallest absolute Gasteiger partial charge is 0.272 e. The summed E-state index contributed by atoms with van der Waals surface area (Å²) in [7, 11) is -3.14. The van der Waals surface area contributed by atoms with Gasteiger partial charge in [0.05, 0.1) is 12.9 Å². The lowest BCUT2D eigenvalue weighted by Gasteiger charge is -2.43. The second-order valence-corrected chi connectivity index (χ2v) is 9.66. The second-order valence-electron chi connectivity index (χ2n) is 7.50. The van der Waals surface area contributed by atoms with E-state index < -0.39 is 26.2 Å². The summed E-state index contributed by atoms with van der Waals surface area (Å²) in [6.45, 7) is 9.15. The van der Waals surface area contributed by atoms with E-state index in [1.54, 1.807) is 13.8 Å². The highest BCUT2D eigenvalue weighted by atomic mass is 32.2. The molecule has 1 aromatic rings. The maximum absolute atomic E-state index is 12.3. The van der Waals surface area contributed by atoms with Gasteiger partial charge in [0.2, 0.25) is 0 Å². The van der Waals surface area contributed by atoms with Crippen molar-refractivity contribution in [1.29, 1.82) is 0 Å². The zero-order valence-corrected chi connectivity index (χ0v) is 17.3. The zero-order valence-electron chi connectivity index (χ0n) is 15.6. The van der Waals surface area contributed by atoms with Crippen LogP contribution in [-0.4, -0.2) is 30.4 Å². The Balaban J connectivity index is 3.59. The van der Waals surface area contributed by atoms with E-state index in [0.29, 0.717) is 17.6 Å². The van der Waals surface area contributed by atoms with Crippen molar-refractivity contribution in [3.63, 3.8) is 0 Å². The molecule has 1 unspecified atom stereocenters. The molecule has 3 N–H and O–H groups in total. The summed E-state index contributed by atoms with van der Waals surface area (Å²) in [5.41, 5.74) is -0.777. The van der Waals surface area contributed by atoms with Crippen LogP contribution in [0.2, 0.25) is 0 Å². The molecule has 1 aromatic carbocycles. The standard InChI is InChI=1S/C16H26O8S2/c1-15(2,3)16(4,5)14(26(19,20)21)10-7-11(9-25-24-23-18)13(17)12(8-10)22-6/h7-8,14,17-18H,9H2,1-6H3,(H,19,20,21). The third-order valence-electron chi connectivity index (χ3n) is 4.88. The lowest BCUT2D eigenvalue weighted by atomic mass is 9.66. The Hall–Kier alpha value is -1.04. The number of phenolic OH excluding ortho intramolecular Hbond substituents is 1. The van der Waals surface area contributed by atoms with E-state index in [2.05, 4.69) is 9.37 Å². The van der Waals surface area contributed by atoms with Gasteiger partial charge >= 0.3 is 0 Å². The van der Waals surface area contributed by atoms with E-state index in [9.17, 15) is 18.1 Å². The van der Waals surface area contributed by atoms with Gasteiger partial charge in [-0.25, -0.2) is 5.26 Å². The fraction of sp³-hybridized carbons (Fsp3) is 0.625.